The average Bonchev–Trinajstić information content (AvgIpc) is 2.97. The number of rotatable bonds is 9. The van der Waals surface area contributed by atoms with Crippen LogP contribution in [-0.2, 0) is 4.74 Å². The van der Waals surface area contributed by atoms with Crippen molar-refractivity contribution in [1.29, 1.82) is 0 Å². The summed E-state index contributed by atoms with van der Waals surface area (Å²) in [5.41, 5.74) is 0. The van der Waals surface area contributed by atoms with Crippen molar-refractivity contribution in [3.05, 3.63) is 0 Å². The fourth-order valence-corrected chi connectivity index (χ4v) is 1.84. The highest BCUT2D eigenvalue weighted by Gasteiger charge is 2.20. The van der Waals surface area contributed by atoms with Gasteiger partial charge in [0.05, 0.1) is 18.8 Å². The summed E-state index contributed by atoms with van der Waals surface area (Å²) in [4.78, 5) is 0. The maximum absolute atomic E-state index is 9.68. The zero-order valence-corrected chi connectivity index (χ0v) is 10.9. The molecule has 16 heavy (non-hydrogen) atoms. The molecule has 1 aliphatic rings. The summed E-state index contributed by atoms with van der Waals surface area (Å²) >= 11 is 0. The van der Waals surface area contributed by atoms with Crippen molar-refractivity contribution in [3.63, 3.8) is 0 Å². The fraction of sp³-hybridized carbons (Fsp3) is 1.00. The van der Waals surface area contributed by atoms with Crippen LogP contribution in [0.1, 0.15) is 40.0 Å². The lowest BCUT2D eigenvalue weighted by atomic mass is 10.1. The molecule has 1 aliphatic carbocycles. The average molecular weight is 229 g/mol. The molecular formula is C13H27NO2. The smallest absolute Gasteiger partial charge is 0.0897 e. The third-order valence-electron chi connectivity index (χ3n) is 2.89. The van der Waals surface area contributed by atoms with Crippen molar-refractivity contribution < 1.29 is 9.84 Å². The van der Waals surface area contributed by atoms with E-state index in [-0.39, 0.29) is 12.2 Å². The summed E-state index contributed by atoms with van der Waals surface area (Å²) in [6.07, 6.45) is 3.64. The van der Waals surface area contributed by atoms with E-state index in [1.165, 1.54) is 12.8 Å². The van der Waals surface area contributed by atoms with E-state index < -0.39 is 0 Å². The van der Waals surface area contributed by atoms with Crippen LogP contribution in [0.4, 0.5) is 0 Å². The van der Waals surface area contributed by atoms with Crippen LogP contribution < -0.4 is 5.32 Å². The van der Waals surface area contributed by atoms with E-state index in [1.807, 2.05) is 0 Å². The van der Waals surface area contributed by atoms with Crippen molar-refractivity contribution in [2.75, 3.05) is 19.7 Å². The molecule has 1 rings (SSSR count). The third kappa shape index (κ3) is 7.20. The first-order valence-electron chi connectivity index (χ1n) is 6.58. The highest BCUT2D eigenvalue weighted by molar-refractivity contribution is 4.75. The number of ether oxygens (including phenoxy) is 1. The Balaban J connectivity index is 1.93. The lowest BCUT2D eigenvalue weighted by Gasteiger charge is -2.18. The summed E-state index contributed by atoms with van der Waals surface area (Å²) < 4.78 is 5.60. The Morgan fingerprint density at radius 2 is 2.00 bits per heavy atom. The Morgan fingerprint density at radius 1 is 1.31 bits per heavy atom. The molecule has 2 atom stereocenters. The first-order chi connectivity index (χ1) is 7.58. The van der Waals surface area contributed by atoms with E-state index in [0.717, 1.165) is 18.9 Å². The topological polar surface area (TPSA) is 41.5 Å². The summed E-state index contributed by atoms with van der Waals surface area (Å²) in [6, 6.07) is 0. The normalized spacial score (nSPS) is 20.1. The van der Waals surface area contributed by atoms with E-state index in [1.54, 1.807) is 0 Å². The van der Waals surface area contributed by atoms with Gasteiger partial charge < -0.3 is 15.2 Å². The van der Waals surface area contributed by atoms with Gasteiger partial charge >= 0.3 is 0 Å². The molecule has 0 aromatic heterocycles. The molecule has 0 heterocycles. The van der Waals surface area contributed by atoms with Crippen molar-refractivity contribution in [2.45, 2.75) is 52.2 Å². The minimum atomic E-state index is -0.367. The van der Waals surface area contributed by atoms with Gasteiger partial charge in [0.2, 0.25) is 0 Å². The Hall–Kier alpha value is -0.120. The zero-order valence-electron chi connectivity index (χ0n) is 10.9. The monoisotopic (exact) mass is 229 g/mol. The third-order valence-corrected chi connectivity index (χ3v) is 2.89. The predicted molar refractivity (Wildman–Crippen MR) is 66.5 cm³/mol. The summed E-state index contributed by atoms with van der Waals surface area (Å²) in [6.45, 7) is 8.61. The van der Waals surface area contributed by atoms with Crippen LogP contribution in [0.25, 0.3) is 0 Å². The van der Waals surface area contributed by atoms with E-state index in [2.05, 4.69) is 26.1 Å². The van der Waals surface area contributed by atoms with E-state index in [9.17, 15) is 5.11 Å². The highest BCUT2D eigenvalue weighted by atomic mass is 16.5. The Bertz CT molecular complexity index is 181. The van der Waals surface area contributed by atoms with Gasteiger partial charge in [0.15, 0.2) is 0 Å². The lowest BCUT2D eigenvalue weighted by Crippen LogP contribution is -2.32. The van der Waals surface area contributed by atoms with Crippen LogP contribution in [0.15, 0.2) is 0 Å². The maximum Gasteiger partial charge on any atom is 0.0897 e. The first-order valence-corrected chi connectivity index (χ1v) is 6.58. The molecular weight excluding hydrogens is 202 g/mol. The Labute approximate surface area is 99.6 Å². The van der Waals surface area contributed by atoms with E-state index >= 15 is 0 Å². The minimum Gasteiger partial charge on any atom is -0.389 e. The van der Waals surface area contributed by atoms with Gasteiger partial charge in [0, 0.05) is 6.54 Å². The molecule has 0 amide bonds. The molecule has 2 unspecified atom stereocenters. The Kier molecular flexibility index (Phi) is 6.32. The lowest BCUT2D eigenvalue weighted by molar-refractivity contribution is -0.00849. The van der Waals surface area contributed by atoms with Crippen LogP contribution in [0.2, 0.25) is 0 Å². The maximum atomic E-state index is 9.68. The molecule has 0 aliphatic heterocycles. The van der Waals surface area contributed by atoms with Gasteiger partial charge in [-0.05, 0) is 44.6 Å². The SMILES string of the molecule is CC(C)CC(C)OCC(O)CNCC1CC1. The molecule has 1 saturated carbocycles. The highest BCUT2D eigenvalue weighted by Crippen LogP contribution is 2.27. The number of hydrogen-bond acceptors (Lipinski definition) is 3. The van der Waals surface area contributed by atoms with Crippen LogP contribution in [0.3, 0.4) is 0 Å². The molecule has 0 radical (unpaired) electrons. The van der Waals surface area contributed by atoms with Crippen LogP contribution in [0.5, 0.6) is 0 Å². The fourth-order valence-electron chi connectivity index (χ4n) is 1.84. The molecule has 0 aromatic rings. The zero-order chi connectivity index (χ0) is 12.0. The predicted octanol–water partition coefficient (Wildman–Crippen LogP) is 1.80. The van der Waals surface area contributed by atoms with E-state index in [0.29, 0.717) is 19.1 Å². The minimum absolute atomic E-state index is 0.248. The van der Waals surface area contributed by atoms with Crippen LogP contribution in [-0.4, -0.2) is 37.0 Å². The Morgan fingerprint density at radius 3 is 2.56 bits per heavy atom. The van der Waals surface area contributed by atoms with Crippen molar-refractivity contribution in [1.82, 2.24) is 5.32 Å². The number of aliphatic hydroxyl groups is 1. The molecule has 3 heteroatoms. The largest absolute Gasteiger partial charge is 0.389 e. The molecule has 2 N–H and O–H groups in total. The van der Waals surface area contributed by atoms with Crippen molar-refractivity contribution in [3.8, 4) is 0 Å². The van der Waals surface area contributed by atoms with Gasteiger partial charge in [0.25, 0.3) is 0 Å². The standard InChI is InChI=1S/C13H27NO2/c1-10(2)6-11(3)16-9-13(15)8-14-7-12-4-5-12/h10-15H,4-9H2,1-3H3. The summed E-state index contributed by atoms with van der Waals surface area (Å²) in [7, 11) is 0. The van der Waals surface area contributed by atoms with Gasteiger partial charge in [0.1, 0.15) is 0 Å². The molecule has 0 aromatic carbocycles. The van der Waals surface area contributed by atoms with Crippen LogP contribution in [0, 0.1) is 11.8 Å². The number of hydrogen-bond donors (Lipinski definition) is 2. The van der Waals surface area contributed by atoms with Gasteiger partial charge in [-0.3, -0.25) is 0 Å². The van der Waals surface area contributed by atoms with Gasteiger partial charge in [-0.15, -0.1) is 0 Å². The van der Waals surface area contributed by atoms with E-state index in [4.69, 9.17) is 4.74 Å². The second-order valence-electron chi connectivity index (χ2n) is 5.53. The van der Waals surface area contributed by atoms with Gasteiger partial charge in [-0.2, -0.15) is 0 Å². The second-order valence-corrected chi connectivity index (χ2v) is 5.53. The van der Waals surface area contributed by atoms with Crippen LogP contribution >= 0.6 is 0 Å². The van der Waals surface area contributed by atoms with Crippen molar-refractivity contribution >= 4 is 0 Å². The number of aliphatic hydroxyl groups excluding tert-OH is 1. The number of nitrogens with one attached hydrogen (secondary N) is 1. The second kappa shape index (κ2) is 7.25. The molecule has 0 spiro atoms. The van der Waals surface area contributed by atoms with Crippen molar-refractivity contribution in [2.24, 2.45) is 11.8 Å². The summed E-state index contributed by atoms with van der Waals surface area (Å²) in [5, 5.41) is 13.0. The molecule has 0 saturated heterocycles. The quantitative estimate of drug-likeness (QED) is 0.633. The summed E-state index contributed by atoms with van der Waals surface area (Å²) in [5.74, 6) is 1.52. The molecule has 1 fully saturated rings. The van der Waals surface area contributed by atoms with Gasteiger partial charge in [-0.25, -0.2) is 0 Å². The molecule has 96 valence electrons. The molecule has 0 bridgehead atoms. The molecule has 3 nitrogen and oxygen atoms in total. The van der Waals surface area contributed by atoms with Gasteiger partial charge in [-0.1, -0.05) is 13.8 Å². The first kappa shape index (κ1) is 13.9.